The summed E-state index contributed by atoms with van der Waals surface area (Å²) in [5.74, 6) is 0. The molecule has 0 heterocycles. The van der Waals surface area contributed by atoms with Crippen LogP contribution in [0, 0.1) is 11.3 Å². The summed E-state index contributed by atoms with van der Waals surface area (Å²) >= 11 is 0. The molecule has 2 rings (SSSR count). The molecule has 3 heteroatoms. The van der Waals surface area contributed by atoms with E-state index >= 15 is 0 Å². The molecule has 0 saturated heterocycles. The molecule has 0 fully saturated rings. The van der Waals surface area contributed by atoms with Crippen LogP contribution < -0.4 is 10.6 Å². The van der Waals surface area contributed by atoms with Crippen LogP contribution in [0.2, 0.25) is 0 Å². The highest BCUT2D eigenvalue weighted by Gasteiger charge is 2.06. The Morgan fingerprint density at radius 3 is 2.00 bits per heavy atom. The van der Waals surface area contributed by atoms with Crippen LogP contribution in [0.5, 0.6) is 0 Å². The van der Waals surface area contributed by atoms with Gasteiger partial charge in [0.25, 0.3) is 0 Å². The van der Waals surface area contributed by atoms with E-state index < -0.39 is 0 Å². The molecule has 0 aromatic heterocycles. The van der Waals surface area contributed by atoms with Crippen molar-refractivity contribution >= 4 is 11.4 Å². The number of hydrogen-bond donors (Lipinski definition) is 1. The Hall–Kier alpha value is -2.31. The van der Waals surface area contributed by atoms with Crippen LogP contribution in [0.4, 0.5) is 11.4 Å². The molecular weight excluding hydrogens is 246 g/mol. The van der Waals surface area contributed by atoms with E-state index in [0.29, 0.717) is 5.56 Å². The summed E-state index contributed by atoms with van der Waals surface area (Å²) in [6, 6.07) is 18.1. The summed E-state index contributed by atoms with van der Waals surface area (Å²) in [5, 5.41) is 8.81. The second-order valence-electron chi connectivity index (χ2n) is 4.82. The number of anilines is 2. The first-order chi connectivity index (χ1) is 9.65. The predicted octanol–water partition coefficient (Wildman–Crippen LogP) is 3.74. The largest absolute Gasteiger partial charge is 0.345 e. The van der Waals surface area contributed by atoms with Crippen LogP contribution in [-0.2, 0) is 0 Å². The normalized spacial score (nSPS) is 11.7. The molecule has 1 atom stereocenters. The van der Waals surface area contributed by atoms with Gasteiger partial charge in [-0.1, -0.05) is 19.1 Å². The number of nitriles is 1. The summed E-state index contributed by atoms with van der Waals surface area (Å²) in [6.45, 7) is 2.08. The van der Waals surface area contributed by atoms with E-state index in [1.165, 1.54) is 0 Å². The first kappa shape index (κ1) is 14.1. The van der Waals surface area contributed by atoms with Gasteiger partial charge in [0.15, 0.2) is 0 Å². The second kappa shape index (κ2) is 6.23. The lowest BCUT2D eigenvalue weighted by atomic mass is 10.0. The molecule has 2 N–H and O–H groups in total. The lowest BCUT2D eigenvalue weighted by Crippen LogP contribution is -2.11. The number of rotatable bonds is 4. The summed E-state index contributed by atoms with van der Waals surface area (Å²) < 4.78 is 0. The Morgan fingerprint density at radius 1 is 1.05 bits per heavy atom. The topological polar surface area (TPSA) is 53.0 Å². The lowest BCUT2D eigenvalue weighted by molar-refractivity contribution is 0.699. The molecule has 0 bridgehead atoms. The predicted molar refractivity (Wildman–Crippen MR) is 82.9 cm³/mol. The third-order valence-corrected chi connectivity index (χ3v) is 3.53. The van der Waals surface area contributed by atoms with Crippen LogP contribution in [0.25, 0.3) is 0 Å². The first-order valence-corrected chi connectivity index (χ1v) is 6.75. The molecule has 2 aromatic rings. The minimum Gasteiger partial charge on any atom is -0.345 e. The molecule has 0 spiro atoms. The quantitative estimate of drug-likeness (QED) is 0.916. The highest BCUT2D eigenvalue weighted by Crippen LogP contribution is 2.25. The molecule has 0 radical (unpaired) electrons. The number of hydrogen-bond acceptors (Lipinski definition) is 3. The molecule has 0 unspecified atom stereocenters. The fourth-order valence-corrected chi connectivity index (χ4v) is 2.09. The summed E-state index contributed by atoms with van der Waals surface area (Å²) in [4.78, 5) is 2.09. The summed E-state index contributed by atoms with van der Waals surface area (Å²) in [6.07, 6.45) is 0.935. The average Bonchev–Trinajstić information content (AvgIpc) is 2.53. The van der Waals surface area contributed by atoms with Crippen LogP contribution in [0.1, 0.15) is 30.5 Å². The Morgan fingerprint density at radius 2 is 1.55 bits per heavy atom. The molecule has 0 saturated carbocycles. The van der Waals surface area contributed by atoms with Gasteiger partial charge in [-0.25, -0.2) is 0 Å². The molecule has 102 valence electrons. The molecule has 2 aromatic carbocycles. The SMILES string of the molecule is CC[C@H](N)c1ccc(N(C)c2ccc(C#N)cc2)cc1. The average molecular weight is 265 g/mol. The molecule has 20 heavy (non-hydrogen) atoms. The van der Waals surface area contributed by atoms with E-state index in [1.54, 1.807) is 0 Å². The number of nitrogens with zero attached hydrogens (tertiary/aromatic N) is 2. The van der Waals surface area contributed by atoms with Crippen molar-refractivity contribution in [3.8, 4) is 6.07 Å². The Bertz CT molecular complexity index is 594. The summed E-state index contributed by atoms with van der Waals surface area (Å²) in [7, 11) is 2.01. The van der Waals surface area contributed by atoms with E-state index in [0.717, 1.165) is 23.4 Å². The zero-order chi connectivity index (χ0) is 14.5. The van der Waals surface area contributed by atoms with Crippen LogP contribution in [0.3, 0.4) is 0 Å². The highest BCUT2D eigenvalue weighted by molar-refractivity contribution is 5.63. The van der Waals surface area contributed by atoms with Crippen molar-refractivity contribution < 1.29 is 0 Å². The maximum atomic E-state index is 8.81. The van der Waals surface area contributed by atoms with Gasteiger partial charge in [-0.3, -0.25) is 0 Å². The molecule has 0 amide bonds. The van der Waals surface area contributed by atoms with Crippen molar-refractivity contribution in [2.24, 2.45) is 5.73 Å². The fraction of sp³-hybridized carbons (Fsp3) is 0.235. The van der Waals surface area contributed by atoms with Gasteiger partial charge in [-0.05, 0) is 48.4 Å². The van der Waals surface area contributed by atoms with E-state index in [9.17, 15) is 0 Å². The molecule has 0 aliphatic carbocycles. The van der Waals surface area contributed by atoms with Gasteiger partial charge in [0.05, 0.1) is 11.6 Å². The zero-order valence-electron chi connectivity index (χ0n) is 11.9. The van der Waals surface area contributed by atoms with Gasteiger partial charge < -0.3 is 10.6 Å². The third kappa shape index (κ3) is 2.98. The van der Waals surface area contributed by atoms with Crippen LogP contribution >= 0.6 is 0 Å². The minimum absolute atomic E-state index is 0.101. The smallest absolute Gasteiger partial charge is 0.0991 e. The van der Waals surface area contributed by atoms with Gasteiger partial charge in [-0.2, -0.15) is 5.26 Å². The minimum atomic E-state index is 0.101. The standard InChI is InChI=1S/C17H19N3/c1-3-17(19)14-6-10-16(11-7-14)20(2)15-8-4-13(12-18)5-9-15/h4-11,17H,3,19H2,1-2H3/t17-/m0/s1. The molecule has 3 nitrogen and oxygen atoms in total. The third-order valence-electron chi connectivity index (χ3n) is 3.53. The number of benzene rings is 2. The van der Waals surface area contributed by atoms with Crippen LogP contribution in [0.15, 0.2) is 48.5 Å². The van der Waals surface area contributed by atoms with E-state index in [-0.39, 0.29) is 6.04 Å². The molecular formula is C17H19N3. The van der Waals surface area contributed by atoms with Gasteiger partial charge >= 0.3 is 0 Å². The summed E-state index contributed by atoms with van der Waals surface area (Å²) in [5.41, 5.74) is 10.0. The van der Waals surface area contributed by atoms with Gasteiger partial charge in [0.2, 0.25) is 0 Å². The lowest BCUT2D eigenvalue weighted by Gasteiger charge is -2.20. The van der Waals surface area contributed by atoms with Crippen molar-refractivity contribution in [1.29, 1.82) is 5.26 Å². The molecule has 0 aliphatic rings. The maximum Gasteiger partial charge on any atom is 0.0991 e. The Labute approximate surface area is 120 Å². The van der Waals surface area contributed by atoms with Gasteiger partial charge in [0.1, 0.15) is 0 Å². The van der Waals surface area contributed by atoms with Gasteiger partial charge in [-0.15, -0.1) is 0 Å². The molecule has 0 aliphatic heterocycles. The van der Waals surface area contributed by atoms with Crippen molar-refractivity contribution in [2.75, 3.05) is 11.9 Å². The number of nitrogens with two attached hydrogens (primary N) is 1. The zero-order valence-corrected chi connectivity index (χ0v) is 11.9. The Balaban J connectivity index is 2.20. The van der Waals surface area contributed by atoms with Crippen molar-refractivity contribution in [2.45, 2.75) is 19.4 Å². The van der Waals surface area contributed by atoms with Crippen molar-refractivity contribution in [1.82, 2.24) is 0 Å². The van der Waals surface area contributed by atoms with E-state index in [4.69, 9.17) is 11.0 Å². The van der Waals surface area contributed by atoms with Crippen molar-refractivity contribution in [3.63, 3.8) is 0 Å². The monoisotopic (exact) mass is 265 g/mol. The first-order valence-electron chi connectivity index (χ1n) is 6.75. The maximum absolute atomic E-state index is 8.81. The van der Waals surface area contributed by atoms with Gasteiger partial charge in [0, 0.05) is 24.5 Å². The van der Waals surface area contributed by atoms with Crippen molar-refractivity contribution in [3.05, 3.63) is 59.7 Å². The fourth-order valence-electron chi connectivity index (χ4n) is 2.09. The van der Waals surface area contributed by atoms with E-state index in [2.05, 4.69) is 42.2 Å². The Kier molecular flexibility index (Phi) is 4.39. The second-order valence-corrected chi connectivity index (χ2v) is 4.82. The van der Waals surface area contributed by atoms with Crippen LogP contribution in [-0.4, -0.2) is 7.05 Å². The highest BCUT2D eigenvalue weighted by atomic mass is 15.1. The van der Waals surface area contributed by atoms with E-state index in [1.807, 2.05) is 31.3 Å².